The van der Waals surface area contributed by atoms with Gasteiger partial charge in [-0.2, -0.15) is 0 Å². The molecule has 13 aromatic rings. The van der Waals surface area contributed by atoms with Crippen LogP contribution in [0.1, 0.15) is 25.0 Å². The van der Waals surface area contributed by atoms with Crippen molar-refractivity contribution in [2.24, 2.45) is 0 Å². The number of para-hydroxylation sites is 2. The van der Waals surface area contributed by atoms with Crippen LogP contribution < -0.4 is 0 Å². The van der Waals surface area contributed by atoms with Gasteiger partial charge in [0.05, 0.1) is 22.1 Å². The van der Waals surface area contributed by atoms with Crippen LogP contribution in [0.25, 0.3) is 121 Å². The van der Waals surface area contributed by atoms with Gasteiger partial charge < -0.3 is 9.13 Å². The summed E-state index contributed by atoms with van der Waals surface area (Å²) in [5.74, 6) is 0. The summed E-state index contributed by atoms with van der Waals surface area (Å²) in [6.45, 7) is 4.72. The van der Waals surface area contributed by atoms with Crippen LogP contribution >= 0.6 is 0 Å². The van der Waals surface area contributed by atoms with E-state index in [2.05, 4.69) is 266 Å². The summed E-state index contributed by atoms with van der Waals surface area (Å²) in [5, 5.41) is 7.50. The second kappa shape index (κ2) is 15.2. The molecule has 0 spiro atoms. The lowest BCUT2D eigenvalue weighted by Crippen LogP contribution is -2.15. The first-order valence-electron chi connectivity index (χ1n) is 24.1. The Hall–Kier alpha value is -8.72. The van der Waals surface area contributed by atoms with E-state index < -0.39 is 0 Å². The highest BCUT2D eigenvalue weighted by molar-refractivity contribution is 6.12. The molecule has 1 aliphatic rings. The maximum absolute atomic E-state index is 2.46. The van der Waals surface area contributed by atoms with Crippen LogP contribution in [0.4, 0.5) is 0 Å². The largest absolute Gasteiger partial charge is 0.309 e. The molecule has 2 heterocycles. The molecule has 0 saturated heterocycles. The number of hydrogen-bond donors (Lipinski definition) is 0. The molecule has 2 heteroatoms. The van der Waals surface area contributed by atoms with Crippen LogP contribution in [0.2, 0.25) is 0 Å². The summed E-state index contributed by atoms with van der Waals surface area (Å²) in [5.41, 5.74) is 22.1. The van der Waals surface area contributed by atoms with Crippen LogP contribution in [0.3, 0.4) is 0 Å². The number of aromatic nitrogens is 2. The Morgan fingerprint density at radius 1 is 0.261 bits per heavy atom. The highest BCUT2D eigenvalue weighted by atomic mass is 15.0. The predicted molar refractivity (Wildman–Crippen MR) is 292 cm³/mol. The van der Waals surface area contributed by atoms with E-state index in [-0.39, 0.29) is 5.41 Å². The maximum Gasteiger partial charge on any atom is 0.0541 e. The molecule has 0 N–H and O–H groups in total. The van der Waals surface area contributed by atoms with Gasteiger partial charge >= 0.3 is 0 Å². The lowest BCUT2D eigenvalue weighted by atomic mass is 9.82. The minimum atomic E-state index is -0.0809. The molecular formula is C67H46N2. The Balaban J connectivity index is 0.892. The van der Waals surface area contributed by atoms with Gasteiger partial charge in [-0.3, -0.25) is 0 Å². The van der Waals surface area contributed by atoms with Crippen molar-refractivity contribution in [3.05, 3.63) is 254 Å². The highest BCUT2D eigenvalue weighted by Gasteiger charge is 2.35. The molecule has 0 aliphatic heterocycles. The van der Waals surface area contributed by atoms with Crippen molar-refractivity contribution in [1.29, 1.82) is 0 Å². The quantitative estimate of drug-likeness (QED) is 0.157. The van der Waals surface area contributed by atoms with E-state index in [1.54, 1.807) is 0 Å². The van der Waals surface area contributed by atoms with E-state index in [4.69, 9.17) is 0 Å². The molecule has 0 amide bonds. The van der Waals surface area contributed by atoms with Gasteiger partial charge in [0.1, 0.15) is 0 Å². The van der Waals surface area contributed by atoms with Crippen molar-refractivity contribution < 1.29 is 0 Å². The first-order chi connectivity index (χ1) is 34.0. The SMILES string of the molecule is CC1(C)c2ccccc2-c2ccc(-n3c4ccccc4c4cc(-c5cc(-c6ccccc6)cc(-c6ccc7c(c6)c6ccccc6n7-c6ccc(-c7cccc8ccccc78)cc6)c5)ccc43)cc21. The third-order valence-corrected chi connectivity index (χ3v) is 15.1. The lowest BCUT2D eigenvalue weighted by Gasteiger charge is -2.22. The Bertz CT molecular complexity index is 4200. The van der Waals surface area contributed by atoms with E-state index in [1.807, 2.05) is 0 Å². The van der Waals surface area contributed by atoms with Crippen molar-refractivity contribution in [2.75, 3.05) is 0 Å². The van der Waals surface area contributed by atoms with Gasteiger partial charge in [0.15, 0.2) is 0 Å². The standard InChI is InChI=1S/C67H46N2/c1-67(2)61-24-11-8-20-55(61)56-34-33-52(42-62(56)67)69-64-26-13-10-22-58(64)60-41-47(30-36-66(60)69)50-38-48(43-15-4-3-5-16-43)37-49(39-50)46-29-35-65-59(40-46)57-21-9-12-25-63(57)68(65)51-31-27-45(28-32-51)54-23-14-18-44-17-6-7-19-53(44)54/h3-42H,1-2H3. The fourth-order valence-corrected chi connectivity index (χ4v) is 11.7. The fraction of sp³-hybridized carbons (Fsp3) is 0.0448. The third kappa shape index (κ3) is 6.12. The minimum absolute atomic E-state index is 0.0809. The summed E-state index contributed by atoms with van der Waals surface area (Å²) in [6.07, 6.45) is 0. The molecular weight excluding hydrogens is 833 g/mol. The summed E-state index contributed by atoms with van der Waals surface area (Å²) >= 11 is 0. The molecule has 2 nitrogen and oxygen atoms in total. The number of hydrogen-bond acceptors (Lipinski definition) is 0. The van der Waals surface area contributed by atoms with Crippen molar-refractivity contribution in [3.8, 4) is 67.0 Å². The van der Waals surface area contributed by atoms with Crippen molar-refractivity contribution >= 4 is 54.4 Å². The molecule has 0 bridgehead atoms. The fourth-order valence-electron chi connectivity index (χ4n) is 11.7. The van der Waals surface area contributed by atoms with Gasteiger partial charge in [-0.1, -0.05) is 178 Å². The third-order valence-electron chi connectivity index (χ3n) is 15.1. The Morgan fingerprint density at radius 2 is 0.739 bits per heavy atom. The van der Waals surface area contributed by atoms with Gasteiger partial charge in [0.2, 0.25) is 0 Å². The van der Waals surface area contributed by atoms with Crippen molar-refractivity contribution in [1.82, 2.24) is 9.13 Å². The van der Waals surface area contributed by atoms with Crippen molar-refractivity contribution in [2.45, 2.75) is 19.3 Å². The van der Waals surface area contributed by atoms with E-state index in [0.717, 1.165) is 5.69 Å². The number of fused-ring (bicyclic) bond motifs is 10. The monoisotopic (exact) mass is 878 g/mol. The second-order valence-corrected chi connectivity index (χ2v) is 19.3. The summed E-state index contributed by atoms with van der Waals surface area (Å²) in [4.78, 5) is 0. The zero-order chi connectivity index (χ0) is 45.8. The first kappa shape index (κ1) is 39.4. The zero-order valence-electron chi connectivity index (χ0n) is 38.5. The smallest absolute Gasteiger partial charge is 0.0541 e. The average molecular weight is 879 g/mol. The van der Waals surface area contributed by atoms with Crippen LogP contribution in [-0.4, -0.2) is 9.13 Å². The van der Waals surface area contributed by atoms with Crippen LogP contribution in [0, 0.1) is 0 Å². The Labute approximate surface area is 401 Å². The number of rotatable bonds is 6. The molecule has 14 rings (SSSR count). The molecule has 0 atom stereocenters. The molecule has 2 aromatic heterocycles. The van der Waals surface area contributed by atoms with Crippen LogP contribution in [0.5, 0.6) is 0 Å². The van der Waals surface area contributed by atoms with Gasteiger partial charge in [-0.05, 0) is 156 Å². The summed E-state index contributed by atoms with van der Waals surface area (Å²) < 4.78 is 4.88. The molecule has 1 aliphatic carbocycles. The Morgan fingerprint density at radius 3 is 1.42 bits per heavy atom. The first-order valence-corrected chi connectivity index (χ1v) is 24.1. The van der Waals surface area contributed by atoms with Gasteiger partial charge in [-0.25, -0.2) is 0 Å². The molecule has 69 heavy (non-hydrogen) atoms. The predicted octanol–water partition coefficient (Wildman–Crippen LogP) is 18.0. The van der Waals surface area contributed by atoms with Gasteiger partial charge in [0, 0.05) is 38.3 Å². The van der Waals surface area contributed by atoms with E-state index in [1.165, 1.54) is 127 Å². The van der Waals surface area contributed by atoms with Crippen molar-refractivity contribution in [3.63, 3.8) is 0 Å². The summed E-state index contributed by atoms with van der Waals surface area (Å²) in [6, 6.07) is 90.0. The average Bonchev–Trinajstić information content (AvgIpc) is 4.00. The van der Waals surface area contributed by atoms with Gasteiger partial charge in [0.25, 0.3) is 0 Å². The lowest BCUT2D eigenvalue weighted by molar-refractivity contribution is 0.660. The maximum atomic E-state index is 2.46. The Kier molecular flexibility index (Phi) is 8.66. The van der Waals surface area contributed by atoms with E-state index >= 15 is 0 Å². The molecule has 0 saturated carbocycles. The van der Waals surface area contributed by atoms with Crippen LogP contribution in [0.15, 0.2) is 243 Å². The summed E-state index contributed by atoms with van der Waals surface area (Å²) in [7, 11) is 0. The molecule has 0 unspecified atom stereocenters. The topological polar surface area (TPSA) is 9.86 Å². The van der Waals surface area contributed by atoms with E-state index in [0.29, 0.717) is 0 Å². The zero-order valence-corrected chi connectivity index (χ0v) is 38.5. The molecule has 324 valence electrons. The molecule has 0 radical (unpaired) electrons. The minimum Gasteiger partial charge on any atom is -0.309 e. The van der Waals surface area contributed by atoms with E-state index in [9.17, 15) is 0 Å². The van der Waals surface area contributed by atoms with Crippen LogP contribution in [-0.2, 0) is 5.41 Å². The normalized spacial score (nSPS) is 12.9. The number of benzene rings is 11. The molecule has 11 aromatic carbocycles. The van der Waals surface area contributed by atoms with Gasteiger partial charge in [-0.15, -0.1) is 0 Å². The highest BCUT2D eigenvalue weighted by Crippen LogP contribution is 2.50. The molecule has 0 fully saturated rings. The number of nitrogens with zero attached hydrogens (tertiary/aromatic N) is 2. The second-order valence-electron chi connectivity index (χ2n) is 19.3.